The number of aryl methyl sites for hydroxylation is 1. The van der Waals surface area contributed by atoms with Crippen LogP contribution in [0.3, 0.4) is 0 Å². The van der Waals surface area contributed by atoms with Crippen molar-refractivity contribution in [2.45, 2.75) is 58.5 Å². The van der Waals surface area contributed by atoms with E-state index in [1.807, 2.05) is 0 Å². The second kappa shape index (κ2) is 10.5. The van der Waals surface area contributed by atoms with Crippen LogP contribution in [0.2, 0.25) is 0 Å². The number of aliphatic imine (C=N–C) groups is 1. The maximum atomic E-state index is 12.6. The van der Waals surface area contributed by atoms with Gasteiger partial charge in [0.2, 0.25) is 5.91 Å². The van der Waals surface area contributed by atoms with Crippen LogP contribution in [0.5, 0.6) is 0 Å². The third-order valence-corrected chi connectivity index (χ3v) is 6.25. The quantitative estimate of drug-likeness (QED) is 0.377. The first-order valence-electron chi connectivity index (χ1n) is 9.54. The summed E-state index contributed by atoms with van der Waals surface area (Å²) >= 11 is 1.76. The Balaban J connectivity index is 0.00000243. The summed E-state index contributed by atoms with van der Waals surface area (Å²) in [5, 5.41) is 8.97. The monoisotopic (exact) mass is 490 g/mol. The van der Waals surface area contributed by atoms with Gasteiger partial charge in [0.25, 0.3) is 0 Å². The van der Waals surface area contributed by atoms with Crippen LogP contribution >= 0.6 is 35.3 Å². The number of hydrogen-bond donors (Lipinski definition) is 2. The van der Waals surface area contributed by atoms with Crippen LogP contribution in [0.25, 0.3) is 0 Å². The van der Waals surface area contributed by atoms with E-state index in [0.29, 0.717) is 18.5 Å². The number of carbonyl (C=O) groups is 1. The van der Waals surface area contributed by atoms with Gasteiger partial charge in [0.05, 0.1) is 6.54 Å². The van der Waals surface area contributed by atoms with Gasteiger partial charge in [-0.25, -0.2) is 4.99 Å². The van der Waals surface area contributed by atoms with Crippen LogP contribution < -0.4 is 10.6 Å². The zero-order chi connectivity index (χ0) is 17.6. The van der Waals surface area contributed by atoms with E-state index in [-0.39, 0.29) is 29.9 Å². The summed E-state index contributed by atoms with van der Waals surface area (Å²) in [6, 6.07) is 2.44. The summed E-state index contributed by atoms with van der Waals surface area (Å²) in [6.45, 7) is 7.43. The van der Waals surface area contributed by atoms with Crippen LogP contribution in [0.1, 0.15) is 49.5 Å². The van der Waals surface area contributed by atoms with Crippen molar-refractivity contribution < 1.29 is 4.79 Å². The predicted molar refractivity (Wildman–Crippen MR) is 119 cm³/mol. The Bertz CT molecular complexity index is 612. The van der Waals surface area contributed by atoms with E-state index < -0.39 is 0 Å². The molecule has 0 radical (unpaired) electrons. The highest BCUT2D eigenvalue weighted by molar-refractivity contribution is 14.0. The molecule has 1 atom stereocenters. The fourth-order valence-electron chi connectivity index (χ4n) is 3.74. The molecule has 5 nitrogen and oxygen atoms in total. The SMILES string of the molecule is CCNC(=NCc1sccc1C)NC1CCN(C(=O)C2CCCC2)C1.I. The third kappa shape index (κ3) is 5.58. The molecule has 1 aliphatic carbocycles. The summed E-state index contributed by atoms with van der Waals surface area (Å²) in [7, 11) is 0. The van der Waals surface area contributed by atoms with Crippen LogP contribution in [0.4, 0.5) is 0 Å². The average molecular weight is 490 g/mol. The molecule has 26 heavy (non-hydrogen) atoms. The lowest BCUT2D eigenvalue weighted by atomic mass is 10.1. The number of rotatable bonds is 5. The third-order valence-electron chi connectivity index (χ3n) is 5.24. The minimum absolute atomic E-state index is 0. The van der Waals surface area contributed by atoms with Gasteiger partial charge in [-0.1, -0.05) is 12.8 Å². The second-order valence-electron chi connectivity index (χ2n) is 7.12. The highest BCUT2D eigenvalue weighted by Gasteiger charge is 2.32. The molecule has 1 aliphatic heterocycles. The number of thiophene rings is 1. The van der Waals surface area contributed by atoms with E-state index in [9.17, 15) is 4.79 Å². The molecule has 2 aliphatic rings. The van der Waals surface area contributed by atoms with Crippen LogP contribution in [-0.4, -0.2) is 42.4 Å². The first-order valence-corrected chi connectivity index (χ1v) is 10.4. The number of amides is 1. The van der Waals surface area contributed by atoms with Crippen molar-refractivity contribution >= 4 is 47.2 Å². The molecule has 0 aromatic carbocycles. The average Bonchev–Trinajstić information content (AvgIpc) is 3.35. The maximum absolute atomic E-state index is 12.6. The summed E-state index contributed by atoms with van der Waals surface area (Å²) in [4.78, 5) is 20.7. The van der Waals surface area contributed by atoms with Crippen molar-refractivity contribution in [1.82, 2.24) is 15.5 Å². The molecule has 7 heteroatoms. The first kappa shape index (κ1) is 21.5. The summed E-state index contributed by atoms with van der Waals surface area (Å²) in [6.07, 6.45) is 5.59. The molecule has 2 fully saturated rings. The van der Waals surface area contributed by atoms with Crippen LogP contribution in [0, 0.1) is 12.8 Å². The van der Waals surface area contributed by atoms with Crippen molar-refractivity contribution in [1.29, 1.82) is 0 Å². The van der Waals surface area contributed by atoms with Gasteiger partial charge < -0.3 is 15.5 Å². The Morgan fingerprint density at radius 1 is 1.35 bits per heavy atom. The van der Waals surface area contributed by atoms with Gasteiger partial charge >= 0.3 is 0 Å². The molecule has 1 saturated carbocycles. The molecular weight excluding hydrogens is 459 g/mol. The van der Waals surface area contributed by atoms with Gasteiger partial charge in [0.1, 0.15) is 0 Å². The van der Waals surface area contributed by atoms with Gasteiger partial charge in [-0.05, 0) is 50.1 Å². The van der Waals surface area contributed by atoms with Crippen molar-refractivity contribution in [3.05, 3.63) is 21.9 Å². The molecule has 146 valence electrons. The molecule has 1 unspecified atom stereocenters. The number of halogens is 1. The van der Waals surface area contributed by atoms with Gasteiger partial charge in [-0.2, -0.15) is 0 Å². The number of guanidine groups is 1. The number of hydrogen-bond acceptors (Lipinski definition) is 3. The zero-order valence-electron chi connectivity index (χ0n) is 15.8. The maximum Gasteiger partial charge on any atom is 0.225 e. The normalized spacial score (nSPS) is 20.9. The summed E-state index contributed by atoms with van der Waals surface area (Å²) in [5.41, 5.74) is 1.30. The molecule has 0 spiro atoms. The lowest BCUT2D eigenvalue weighted by molar-refractivity contribution is -0.134. The topological polar surface area (TPSA) is 56.7 Å². The van der Waals surface area contributed by atoms with E-state index in [2.05, 4.69) is 40.8 Å². The van der Waals surface area contributed by atoms with Crippen molar-refractivity contribution in [2.75, 3.05) is 19.6 Å². The molecule has 2 N–H and O–H groups in total. The molecule has 1 saturated heterocycles. The van der Waals surface area contributed by atoms with Crippen molar-refractivity contribution in [3.63, 3.8) is 0 Å². The Labute approximate surface area is 178 Å². The van der Waals surface area contributed by atoms with Gasteiger partial charge in [-0.3, -0.25) is 4.79 Å². The minimum atomic E-state index is 0. The number of nitrogens with one attached hydrogen (secondary N) is 2. The van der Waals surface area contributed by atoms with E-state index in [1.165, 1.54) is 23.3 Å². The lowest BCUT2D eigenvalue weighted by Gasteiger charge is -2.21. The zero-order valence-corrected chi connectivity index (χ0v) is 18.9. The van der Waals surface area contributed by atoms with Gasteiger partial charge in [-0.15, -0.1) is 35.3 Å². The Morgan fingerprint density at radius 2 is 2.12 bits per heavy atom. The Hall–Kier alpha value is -0.830. The van der Waals surface area contributed by atoms with E-state index >= 15 is 0 Å². The molecular formula is C19H31IN4OS. The first-order chi connectivity index (χ1) is 12.2. The predicted octanol–water partition coefficient (Wildman–Crippen LogP) is 3.52. The fraction of sp³-hybridized carbons (Fsp3) is 0.684. The molecule has 3 rings (SSSR count). The minimum Gasteiger partial charge on any atom is -0.357 e. The highest BCUT2D eigenvalue weighted by Crippen LogP contribution is 2.27. The molecule has 0 bridgehead atoms. The van der Waals surface area contributed by atoms with Crippen molar-refractivity contribution in [2.24, 2.45) is 10.9 Å². The summed E-state index contributed by atoms with van der Waals surface area (Å²) in [5.74, 6) is 1.51. The number of likely N-dealkylation sites (tertiary alicyclic amines) is 1. The highest BCUT2D eigenvalue weighted by atomic mass is 127. The van der Waals surface area contributed by atoms with E-state index in [1.54, 1.807) is 11.3 Å². The largest absolute Gasteiger partial charge is 0.357 e. The summed E-state index contributed by atoms with van der Waals surface area (Å²) < 4.78 is 0. The second-order valence-corrected chi connectivity index (χ2v) is 8.12. The Morgan fingerprint density at radius 3 is 2.77 bits per heavy atom. The molecule has 1 aromatic rings. The molecule has 1 aromatic heterocycles. The van der Waals surface area contributed by atoms with Crippen LogP contribution in [0.15, 0.2) is 16.4 Å². The smallest absolute Gasteiger partial charge is 0.225 e. The molecule has 1 amide bonds. The number of carbonyl (C=O) groups excluding carboxylic acids is 1. The van der Waals surface area contributed by atoms with Gasteiger partial charge in [0.15, 0.2) is 5.96 Å². The van der Waals surface area contributed by atoms with Gasteiger partial charge in [0, 0.05) is 36.5 Å². The van der Waals surface area contributed by atoms with E-state index in [0.717, 1.165) is 44.9 Å². The lowest BCUT2D eigenvalue weighted by Crippen LogP contribution is -2.45. The van der Waals surface area contributed by atoms with Crippen molar-refractivity contribution in [3.8, 4) is 0 Å². The molecule has 2 heterocycles. The standard InChI is InChI=1S/C19H30N4OS.HI/c1-3-20-19(21-12-17-14(2)9-11-25-17)22-16-8-10-23(13-16)18(24)15-6-4-5-7-15;/h9,11,15-16H,3-8,10,12-13H2,1-2H3,(H2,20,21,22);1H. The van der Waals surface area contributed by atoms with E-state index in [4.69, 9.17) is 4.99 Å². The Kier molecular flexibility index (Phi) is 8.66. The number of nitrogens with zero attached hydrogens (tertiary/aromatic N) is 2. The fourth-order valence-corrected chi connectivity index (χ4v) is 4.57. The van der Waals surface area contributed by atoms with Crippen LogP contribution in [-0.2, 0) is 11.3 Å².